The van der Waals surface area contributed by atoms with E-state index in [1.54, 1.807) is 18.2 Å². The fourth-order valence-electron chi connectivity index (χ4n) is 1.49. The number of hydrogen-bond acceptors (Lipinski definition) is 2. The van der Waals surface area contributed by atoms with E-state index in [1.165, 1.54) is 0 Å². The first-order valence-electron chi connectivity index (χ1n) is 5.76. The molecule has 2 nitrogen and oxygen atoms in total. The lowest BCUT2D eigenvalue weighted by Gasteiger charge is -2.03. The SMILES string of the molecule is C=C/C=C(\C=C/C)C(=N)C=C(N)c1ccccc1. The van der Waals surface area contributed by atoms with Gasteiger partial charge in [0.25, 0.3) is 0 Å². The number of nitrogens with two attached hydrogens (primary N) is 1. The van der Waals surface area contributed by atoms with Crippen LogP contribution < -0.4 is 5.73 Å². The van der Waals surface area contributed by atoms with E-state index in [9.17, 15) is 0 Å². The fourth-order valence-corrected chi connectivity index (χ4v) is 1.49. The van der Waals surface area contributed by atoms with Crippen molar-refractivity contribution in [3.05, 3.63) is 78.4 Å². The minimum atomic E-state index is 0.370. The molecule has 3 N–H and O–H groups in total. The van der Waals surface area contributed by atoms with Gasteiger partial charge in [-0.05, 0) is 24.1 Å². The first kappa shape index (κ1) is 13.7. The van der Waals surface area contributed by atoms with Gasteiger partial charge in [-0.2, -0.15) is 0 Å². The van der Waals surface area contributed by atoms with Gasteiger partial charge >= 0.3 is 0 Å². The number of benzene rings is 1. The van der Waals surface area contributed by atoms with Gasteiger partial charge in [-0.25, -0.2) is 0 Å². The van der Waals surface area contributed by atoms with Gasteiger partial charge in [0.1, 0.15) is 0 Å². The fraction of sp³-hybridized carbons (Fsp3) is 0.0625. The third-order valence-corrected chi connectivity index (χ3v) is 2.36. The highest BCUT2D eigenvalue weighted by molar-refractivity contribution is 6.11. The molecule has 0 bridgehead atoms. The van der Waals surface area contributed by atoms with E-state index in [1.807, 2.05) is 49.4 Å². The summed E-state index contributed by atoms with van der Waals surface area (Å²) in [6, 6.07) is 9.63. The van der Waals surface area contributed by atoms with Crippen molar-refractivity contribution in [1.29, 1.82) is 5.41 Å². The van der Waals surface area contributed by atoms with E-state index < -0.39 is 0 Å². The highest BCUT2D eigenvalue weighted by Crippen LogP contribution is 2.10. The van der Waals surface area contributed by atoms with Crippen LogP contribution in [0.4, 0.5) is 0 Å². The Bertz CT molecular complexity index is 505. The Hall–Kier alpha value is -2.35. The molecule has 0 atom stereocenters. The minimum Gasteiger partial charge on any atom is -0.398 e. The zero-order valence-corrected chi connectivity index (χ0v) is 10.6. The second kappa shape index (κ2) is 7.07. The third-order valence-electron chi connectivity index (χ3n) is 2.36. The van der Waals surface area contributed by atoms with Gasteiger partial charge in [-0.3, -0.25) is 0 Å². The lowest BCUT2D eigenvalue weighted by Crippen LogP contribution is -2.02. The van der Waals surface area contributed by atoms with Crippen molar-refractivity contribution in [1.82, 2.24) is 0 Å². The van der Waals surface area contributed by atoms with E-state index in [0.717, 1.165) is 11.1 Å². The molecule has 0 unspecified atom stereocenters. The molecule has 18 heavy (non-hydrogen) atoms. The van der Waals surface area contributed by atoms with Crippen LogP contribution in [0.3, 0.4) is 0 Å². The van der Waals surface area contributed by atoms with Crippen LogP contribution in [0, 0.1) is 5.41 Å². The largest absolute Gasteiger partial charge is 0.398 e. The molecule has 0 aliphatic rings. The summed E-state index contributed by atoms with van der Waals surface area (Å²) in [5.74, 6) is 0. The Kier molecular flexibility index (Phi) is 5.39. The van der Waals surface area contributed by atoms with Gasteiger partial charge in [0.05, 0.1) is 5.71 Å². The van der Waals surface area contributed by atoms with Crippen molar-refractivity contribution in [2.24, 2.45) is 5.73 Å². The summed E-state index contributed by atoms with van der Waals surface area (Å²) in [7, 11) is 0. The quantitative estimate of drug-likeness (QED) is 0.596. The number of allylic oxidation sites excluding steroid dienone is 6. The zero-order chi connectivity index (χ0) is 13.4. The van der Waals surface area contributed by atoms with Gasteiger partial charge < -0.3 is 11.1 Å². The topological polar surface area (TPSA) is 49.9 Å². The van der Waals surface area contributed by atoms with E-state index >= 15 is 0 Å². The van der Waals surface area contributed by atoms with Gasteiger partial charge in [-0.1, -0.05) is 61.2 Å². The maximum absolute atomic E-state index is 8.01. The third kappa shape index (κ3) is 3.91. The molecule has 1 rings (SSSR count). The average molecular weight is 238 g/mol. The minimum absolute atomic E-state index is 0.370. The Labute approximate surface area is 108 Å². The molecular weight excluding hydrogens is 220 g/mol. The predicted octanol–water partition coefficient (Wildman–Crippen LogP) is 3.69. The summed E-state index contributed by atoms with van der Waals surface area (Å²) in [6.07, 6.45) is 8.85. The highest BCUT2D eigenvalue weighted by atomic mass is 14.6. The van der Waals surface area contributed by atoms with Crippen molar-refractivity contribution in [3.8, 4) is 0 Å². The van der Waals surface area contributed by atoms with Crippen LogP contribution in [-0.4, -0.2) is 5.71 Å². The van der Waals surface area contributed by atoms with Crippen LogP contribution in [-0.2, 0) is 0 Å². The molecule has 0 fully saturated rings. The van der Waals surface area contributed by atoms with Crippen LogP contribution >= 0.6 is 0 Å². The van der Waals surface area contributed by atoms with Crippen LogP contribution in [0.5, 0.6) is 0 Å². The molecule has 0 saturated heterocycles. The average Bonchev–Trinajstić information content (AvgIpc) is 2.39. The van der Waals surface area contributed by atoms with Crippen molar-refractivity contribution >= 4 is 11.4 Å². The normalized spacial score (nSPS) is 12.7. The number of nitrogens with one attached hydrogen (secondary N) is 1. The van der Waals surface area contributed by atoms with Crippen LogP contribution in [0.1, 0.15) is 12.5 Å². The van der Waals surface area contributed by atoms with Gasteiger partial charge in [-0.15, -0.1) is 0 Å². The van der Waals surface area contributed by atoms with Crippen LogP contribution in [0.2, 0.25) is 0 Å². The molecule has 0 spiro atoms. The van der Waals surface area contributed by atoms with Crippen molar-refractivity contribution in [2.75, 3.05) is 0 Å². The molecule has 0 saturated carbocycles. The van der Waals surface area contributed by atoms with E-state index in [-0.39, 0.29) is 0 Å². The molecule has 0 aliphatic carbocycles. The summed E-state index contributed by atoms with van der Waals surface area (Å²) in [5, 5.41) is 8.01. The molecule has 0 aromatic heterocycles. The van der Waals surface area contributed by atoms with E-state index in [0.29, 0.717) is 11.4 Å². The number of rotatable bonds is 5. The molecule has 0 radical (unpaired) electrons. The van der Waals surface area contributed by atoms with Crippen molar-refractivity contribution in [3.63, 3.8) is 0 Å². The lowest BCUT2D eigenvalue weighted by molar-refractivity contribution is 1.47. The standard InChI is InChI=1S/C16H18N2/c1-3-8-13(9-4-2)15(17)12-16(18)14-10-6-5-7-11-14/h3-12,17H,1,18H2,2H3/b9-4-,13-8+,16-12?,17-15?. The molecule has 1 aromatic carbocycles. The van der Waals surface area contributed by atoms with E-state index in [2.05, 4.69) is 6.58 Å². The Morgan fingerprint density at radius 2 is 1.94 bits per heavy atom. The molecule has 2 heteroatoms. The molecule has 92 valence electrons. The first-order chi connectivity index (χ1) is 8.69. The summed E-state index contributed by atoms with van der Waals surface area (Å²) < 4.78 is 0. The van der Waals surface area contributed by atoms with Crippen LogP contribution in [0.25, 0.3) is 5.70 Å². The molecule has 0 aliphatic heterocycles. The summed E-state index contributed by atoms with van der Waals surface area (Å²) in [4.78, 5) is 0. The van der Waals surface area contributed by atoms with Gasteiger partial charge in [0.2, 0.25) is 0 Å². The maximum Gasteiger partial charge on any atom is 0.0632 e. The predicted molar refractivity (Wildman–Crippen MR) is 79.4 cm³/mol. The zero-order valence-electron chi connectivity index (χ0n) is 10.6. The second-order valence-electron chi connectivity index (χ2n) is 3.74. The lowest BCUT2D eigenvalue weighted by atomic mass is 10.1. The Balaban J connectivity index is 2.98. The monoisotopic (exact) mass is 238 g/mol. The van der Waals surface area contributed by atoms with Gasteiger partial charge in [0, 0.05) is 5.70 Å². The summed E-state index contributed by atoms with van der Waals surface area (Å²) >= 11 is 0. The van der Waals surface area contributed by atoms with Crippen molar-refractivity contribution in [2.45, 2.75) is 6.92 Å². The second-order valence-corrected chi connectivity index (χ2v) is 3.74. The molecule has 0 amide bonds. The molecule has 1 aromatic rings. The van der Waals surface area contributed by atoms with Crippen LogP contribution in [0.15, 0.2) is 72.9 Å². The smallest absolute Gasteiger partial charge is 0.0632 e. The molecule has 0 heterocycles. The van der Waals surface area contributed by atoms with Crippen molar-refractivity contribution < 1.29 is 0 Å². The summed E-state index contributed by atoms with van der Waals surface area (Å²) in [5.41, 5.74) is 8.62. The Morgan fingerprint density at radius 1 is 1.28 bits per heavy atom. The molecular formula is C16H18N2. The number of hydrogen-bond donors (Lipinski definition) is 2. The van der Waals surface area contributed by atoms with Gasteiger partial charge in [0.15, 0.2) is 0 Å². The summed E-state index contributed by atoms with van der Waals surface area (Å²) in [6.45, 7) is 5.55. The maximum atomic E-state index is 8.01. The first-order valence-corrected chi connectivity index (χ1v) is 5.76. The van der Waals surface area contributed by atoms with E-state index in [4.69, 9.17) is 11.1 Å². The highest BCUT2D eigenvalue weighted by Gasteiger charge is 2.00. The Morgan fingerprint density at radius 3 is 2.50 bits per heavy atom.